The van der Waals surface area contributed by atoms with Gasteiger partial charge in [-0.3, -0.25) is 0 Å². The van der Waals surface area contributed by atoms with Crippen LogP contribution in [0.5, 0.6) is 0 Å². The summed E-state index contributed by atoms with van der Waals surface area (Å²) in [5.41, 5.74) is 1.17. The maximum Gasteiger partial charge on any atom is 0.238 e. The summed E-state index contributed by atoms with van der Waals surface area (Å²) in [5, 5.41) is 4.95. The van der Waals surface area contributed by atoms with Gasteiger partial charge in [0, 0.05) is 0 Å². The number of rotatable bonds is 3. The van der Waals surface area contributed by atoms with Crippen molar-refractivity contribution in [2.75, 3.05) is 0 Å². The minimum absolute atomic E-state index is 0.101. The quantitative estimate of drug-likeness (QED) is 0.694. The summed E-state index contributed by atoms with van der Waals surface area (Å²) in [6.07, 6.45) is 0. The van der Waals surface area contributed by atoms with Crippen LogP contribution < -0.4 is 5.14 Å². The number of nitrogens with two attached hydrogens (primary N) is 1. The molecule has 0 saturated carbocycles. The van der Waals surface area contributed by atoms with Crippen LogP contribution in [0.25, 0.3) is 22.3 Å². The van der Waals surface area contributed by atoms with Gasteiger partial charge in [0.2, 0.25) is 10.0 Å². The van der Waals surface area contributed by atoms with Crippen molar-refractivity contribution in [1.29, 1.82) is 0 Å². The highest BCUT2D eigenvalue weighted by molar-refractivity contribution is 7.89. The number of sulfonamides is 1. The lowest BCUT2D eigenvalue weighted by Crippen LogP contribution is -2.11. The lowest BCUT2D eigenvalue weighted by molar-refractivity contribution is 0.509. The van der Waals surface area contributed by atoms with Gasteiger partial charge in [0.05, 0.1) is 9.92 Å². The van der Waals surface area contributed by atoms with Crippen molar-refractivity contribution in [3.63, 3.8) is 0 Å². The molecule has 0 aliphatic carbocycles. The maximum absolute atomic E-state index is 13.8. The molecule has 3 nitrogen and oxygen atoms in total. The second kappa shape index (κ2) is 6.75. The Morgan fingerprint density at radius 1 is 0.731 bits per heavy atom. The van der Waals surface area contributed by atoms with Gasteiger partial charge in [-0.2, -0.15) is 0 Å². The zero-order chi connectivity index (χ0) is 19.1. The summed E-state index contributed by atoms with van der Waals surface area (Å²) in [7, 11) is -3.89. The molecule has 3 rings (SSSR count). The van der Waals surface area contributed by atoms with Gasteiger partial charge in [-0.25, -0.2) is 26.7 Å². The first-order valence-electron chi connectivity index (χ1n) is 7.24. The molecule has 3 aromatic rings. The molecule has 0 aliphatic rings. The van der Waals surface area contributed by atoms with E-state index < -0.39 is 27.5 Å². The Balaban J connectivity index is 2.20. The molecule has 0 unspecified atom stereocenters. The van der Waals surface area contributed by atoms with E-state index in [0.29, 0.717) is 5.56 Å². The van der Waals surface area contributed by atoms with Crippen LogP contribution in [0, 0.1) is 17.5 Å². The van der Waals surface area contributed by atoms with Crippen LogP contribution >= 0.6 is 11.6 Å². The van der Waals surface area contributed by atoms with Crippen molar-refractivity contribution < 1.29 is 21.6 Å². The van der Waals surface area contributed by atoms with E-state index in [-0.39, 0.29) is 26.6 Å². The monoisotopic (exact) mass is 397 g/mol. The highest BCUT2D eigenvalue weighted by Crippen LogP contribution is 2.35. The number of hydrogen-bond donors (Lipinski definition) is 1. The van der Waals surface area contributed by atoms with Gasteiger partial charge in [0.25, 0.3) is 0 Å². The molecule has 26 heavy (non-hydrogen) atoms. The van der Waals surface area contributed by atoms with Crippen LogP contribution in [0.2, 0.25) is 5.02 Å². The Morgan fingerprint density at radius 3 is 1.73 bits per heavy atom. The van der Waals surface area contributed by atoms with Gasteiger partial charge in [-0.15, -0.1) is 0 Å². The van der Waals surface area contributed by atoms with Gasteiger partial charge in [-0.1, -0.05) is 29.8 Å². The summed E-state index contributed by atoms with van der Waals surface area (Å²) in [4.78, 5) is -0.122. The second-order valence-corrected chi connectivity index (χ2v) is 7.48. The molecular formula is C18H11ClF3NO2S. The average molecular weight is 398 g/mol. The second-order valence-electron chi connectivity index (χ2n) is 5.51. The number of halogens is 4. The molecule has 0 saturated heterocycles. The summed E-state index contributed by atoms with van der Waals surface area (Å²) in [6, 6.07) is 11.1. The zero-order valence-corrected chi connectivity index (χ0v) is 14.6. The molecule has 0 atom stereocenters. The standard InChI is InChI=1S/C18H11ClF3NO2S/c19-15-6-3-11(7-16(15)20)14-9-18(22)17(21)8-13(14)10-1-4-12(5-2-10)26(23,24)25/h1-9H,(H2,23,24,25). The van der Waals surface area contributed by atoms with Crippen LogP contribution in [0.15, 0.2) is 59.5 Å². The molecule has 0 heterocycles. The first-order chi connectivity index (χ1) is 12.2. The van der Waals surface area contributed by atoms with Crippen molar-refractivity contribution in [1.82, 2.24) is 0 Å². The van der Waals surface area contributed by atoms with E-state index in [0.717, 1.165) is 18.2 Å². The Hall–Kier alpha value is -2.35. The Bertz CT molecular complexity index is 1100. The summed E-state index contributed by atoms with van der Waals surface area (Å²) in [5.74, 6) is -2.89. The zero-order valence-electron chi connectivity index (χ0n) is 13.0. The van der Waals surface area contributed by atoms with E-state index >= 15 is 0 Å². The van der Waals surface area contributed by atoms with Gasteiger partial charge in [0.1, 0.15) is 5.82 Å². The smallest absolute Gasteiger partial charge is 0.225 e. The van der Waals surface area contributed by atoms with Gasteiger partial charge in [-0.05, 0) is 58.7 Å². The summed E-state index contributed by atoms with van der Waals surface area (Å²) in [6.45, 7) is 0. The fraction of sp³-hybridized carbons (Fsp3) is 0. The molecule has 0 fully saturated rings. The number of hydrogen-bond acceptors (Lipinski definition) is 2. The van der Waals surface area contributed by atoms with Crippen molar-refractivity contribution >= 4 is 21.6 Å². The molecule has 3 aromatic carbocycles. The van der Waals surface area contributed by atoms with Crippen molar-refractivity contribution in [2.24, 2.45) is 5.14 Å². The van der Waals surface area contributed by atoms with Crippen molar-refractivity contribution in [2.45, 2.75) is 4.90 Å². The average Bonchev–Trinajstić information content (AvgIpc) is 2.59. The highest BCUT2D eigenvalue weighted by Gasteiger charge is 2.15. The van der Waals surface area contributed by atoms with Gasteiger partial charge < -0.3 is 0 Å². The highest BCUT2D eigenvalue weighted by atomic mass is 35.5. The van der Waals surface area contributed by atoms with E-state index in [1.54, 1.807) is 0 Å². The molecule has 0 spiro atoms. The minimum atomic E-state index is -3.89. The van der Waals surface area contributed by atoms with E-state index in [2.05, 4.69) is 0 Å². The molecule has 8 heteroatoms. The summed E-state index contributed by atoms with van der Waals surface area (Å²) < 4.78 is 64.0. The predicted octanol–water partition coefficient (Wildman–Crippen LogP) is 4.74. The molecule has 0 aromatic heterocycles. The van der Waals surface area contributed by atoms with Crippen molar-refractivity contribution in [3.8, 4) is 22.3 Å². The number of benzene rings is 3. The molecular weight excluding hydrogens is 387 g/mol. The van der Waals surface area contributed by atoms with E-state index in [4.69, 9.17) is 16.7 Å². The number of primary sulfonamides is 1. The molecule has 134 valence electrons. The topological polar surface area (TPSA) is 60.2 Å². The van der Waals surface area contributed by atoms with Gasteiger partial charge in [0.15, 0.2) is 11.6 Å². The first-order valence-corrected chi connectivity index (χ1v) is 9.17. The Labute approximate surface area is 152 Å². The molecule has 0 amide bonds. The SMILES string of the molecule is NS(=O)(=O)c1ccc(-c2cc(F)c(F)cc2-c2ccc(Cl)c(F)c2)cc1. The molecule has 2 N–H and O–H groups in total. The minimum Gasteiger partial charge on any atom is -0.225 e. The third-order valence-corrected chi connectivity index (χ3v) is 5.02. The van der Waals surface area contributed by atoms with Crippen molar-refractivity contribution in [3.05, 3.63) is 77.1 Å². The lowest BCUT2D eigenvalue weighted by atomic mass is 9.94. The van der Waals surface area contributed by atoms with E-state index in [1.807, 2.05) is 0 Å². The largest absolute Gasteiger partial charge is 0.238 e. The fourth-order valence-electron chi connectivity index (χ4n) is 2.51. The van der Waals surface area contributed by atoms with Gasteiger partial charge >= 0.3 is 0 Å². The Kier molecular flexibility index (Phi) is 4.79. The third kappa shape index (κ3) is 3.60. The third-order valence-electron chi connectivity index (χ3n) is 3.78. The normalized spacial score (nSPS) is 11.6. The lowest BCUT2D eigenvalue weighted by Gasteiger charge is -2.12. The maximum atomic E-state index is 13.8. The van der Waals surface area contributed by atoms with E-state index in [1.165, 1.54) is 36.4 Å². The first kappa shape index (κ1) is 18.4. The van der Waals surface area contributed by atoms with E-state index in [9.17, 15) is 21.6 Å². The summed E-state index contributed by atoms with van der Waals surface area (Å²) >= 11 is 5.66. The van der Waals surface area contributed by atoms with Crippen LogP contribution in [-0.2, 0) is 10.0 Å². The van der Waals surface area contributed by atoms with Crippen LogP contribution in [0.4, 0.5) is 13.2 Å². The fourth-order valence-corrected chi connectivity index (χ4v) is 3.15. The van der Waals surface area contributed by atoms with Crippen LogP contribution in [0.1, 0.15) is 0 Å². The molecule has 0 radical (unpaired) electrons. The van der Waals surface area contributed by atoms with Crippen LogP contribution in [-0.4, -0.2) is 8.42 Å². The van der Waals surface area contributed by atoms with Crippen LogP contribution in [0.3, 0.4) is 0 Å². The molecule has 0 bridgehead atoms. The Morgan fingerprint density at radius 2 is 1.23 bits per heavy atom. The predicted molar refractivity (Wildman–Crippen MR) is 93.6 cm³/mol. The molecule has 0 aliphatic heterocycles.